The fraction of sp³-hybridized carbons (Fsp3) is 0.677. The van der Waals surface area contributed by atoms with Gasteiger partial charge in [0.1, 0.15) is 23.9 Å². The first-order valence-corrected chi connectivity index (χ1v) is 24.9. The molecule has 0 saturated carbocycles. The smallest absolute Gasteiger partial charge is 0.328 e. The number of hydrogen-bond acceptors (Lipinski definition) is 14. The third-order valence-electron chi connectivity index (χ3n) is 6.81. The number of aliphatic carboxylic acids is 1. The SMILES string of the molecule is [3H]C.[3H]OCC(NC(=O)CC[Si](C)(C)OCCO[Si](C)(C)CCC(=O)NC(COCOC)C(=O)NOCCNC(=O)CCSSc1ccccn1)C(=O)O. The van der Waals surface area contributed by atoms with E-state index in [1.54, 1.807) is 6.20 Å². The van der Waals surface area contributed by atoms with E-state index in [0.717, 1.165) is 5.03 Å². The van der Waals surface area contributed by atoms with Crippen LogP contribution >= 0.6 is 21.6 Å². The average molecular weight is 816 g/mol. The highest BCUT2D eigenvalue weighted by Crippen LogP contribution is 2.29. The number of nitrogens with zero attached hydrogens (tertiary/aromatic N) is 1. The van der Waals surface area contributed by atoms with Gasteiger partial charge in [-0.05, 0) is 61.2 Å². The monoisotopic (exact) mass is 815 g/mol. The zero-order valence-electron chi connectivity index (χ0n) is 32.9. The number of aliphatic hydroxyl groups excluding tert-OH is 1. The number of methoxy groups -OCH3 is 1. The molecule has 1 rings (SSSR count). The molecular weight excluding hydrogens is 755 g/mol. The Morgan fingerprint density at radius 3 is 2.13 bits per heavy atom. The number of carboxylic acid groups (broad SMARTS) is 1. The third kappa shape index (κ3) is 24.6. The summed E-state index contributed by atoms with van der Waals surface area (Å²) in [5, 5.41) is 21.8. The normalized spacial score (nSPS) is 13.0. The van der Waals surface area contributed by atoms with Crippen LogP contribution < -0.4 is 21.4 Å². The first kappa shape index (κ1) is 45.6. The Bertz CT molecular complexity index is 1240. The Balaban J connectivity index is 0.0000138. The second kappa shape index (κ2) is 27.9. The Kier molecular flexibility index (Phi) is 24.5. The lowest BCUT2D eigenvalue weighted by atomic mass is 10.3. The summed E-state index contributed by atoms with van der Waals surface area (Å²) in [6.07, 6.45) is 2.20. The summed E-state index contributed by atoms with van der Waals surface area (Å²) in [7, 11) is 1.13. The lowest BCUT2D eigenvalue weighted by Gasteiger charge is -2.26. The van der Waals surface area contributed by atoms with Crippen molar-refractivity contribution < 1.29 is 58.7 Å². The van der Waals surface area contributed by atoms with Gasteiger partial charge in [0.2, 0.25) is 19.2 Å². The summed E-state index contributed by atoms with van der Waals surface area (Å²) in [5.41, 5.74) is 2.29. The van der Waals surface area contributed by atoms with E-state index in [0.29, 0.717) is 37.5 Å². The van der Waals surface area contributed by atoms with Gasteiger partial charge in [-0.3, -0.25) is 24.0 Å². The molecule has 2 atom stereocenters. The van der Waals surface area contributed by atoms with Crippen molar-refractivity contribution >= 4 is 67.8 Å². The van der Waals surface area contributed by atoms with E-state index in [4.69, 9.17) is 31.1 Å². The molecule has 1 aromatic rings. The molecule has 4 amide bonds. The standard InChI is InChI=1S/C30H53N5O12S2Si2.CH4/c1-43-22-44-21-24(29(40)35-45-14-13-31-25(37)9-17-48-49-28-8-6-7-12-32-28)34-27(39)11-19-51(4,5)47-16-15-46-50(2,3)18-10-26(38)33-23(20-36)30(41)42;/h6-8,12,23-24,36H,9-11,13-22H2,1-5H3,(H,31,37)(H,33,38)(H,34,39)(H,35,40)(H,41,42);1H4/i36T;1T. The van der Waals surface area contributed by atoms with Crippen molar-refractivity contribution in [3.8, 4) is 0 Å². The minimum Gasteiger partial charge on any atom is -0.480 e. The number of carbonyl (C=O) groups excluding carboxylic acids is 4. The average Bonchev–Trinajstić information content (AvgIpc) is 3.14. The fourth-order valence-corrected chi connectivity index (χ4v) is 8.99. The molecule has 17 nitrogen and oxygen atoms in total. The molecule has 0 aromatic carbocycles. The number of aromatic nitrogens is 1. The van der Waals surface area contributed by atoms with Crippen molar-refractivity contribution in [2.45, 2.75) is 82.1 Å². The number of nitrogens with one attached hydrogen (secondary N) is 4. The number of ether oxygens (including phenoxy) is 2. The number of hydrogen-bond donors (Lipinski definition) is 6. The fourth-order valence-electron chi connectivity index (χ4n) is 3.91. The summed E-state index contributed by atoms with van der Waals surface area (Å²) in [4.78, 5) is 70.3. The topological polar surface area (TPSA) is 233 Å². The van der Waals surface area contributed by atoms with Crippen LogP contribution in [0.5, 0.6) is 0 Å². The van der Waals surface area contributed by atoms with E-state index >= 15 is 0 Å². The van der Waals surface area contributed by atoms with Gasteiger partial charge in [0.15, 0.2) is 16.6 Å². The summed E-state index contributed by atoms with van der Waals surface area (Å²) >= 11 is 0. The van der Waals surface area contributed by atoms with Crippen LogP contribution in [-0.4, -0.2) is 134 Å². The minimum atomic E-state index is -2.30. The van der Waals surface area contributed by atoms with Crippen LogP contribution in [0.3, 0.4) is 0 Å². The maximum atomic E-state index is 12.8. The lowest BCUT2D eigenvalue weighted by Crippen LogP contribution is -2.50. The van der Waals surface area contributed by atoms with E-state index in [9.17, 15) is 24.0 Å². The molecule has 0 saturated heterocycles. The summed E-state index contributed by atoms with van der Waals surface area (Å²) in [6, 6.07) is 4.20. The van der Waals surface area contributed by atoms with Gasteiger partial charge >= 0.3 is 5.97 Å². The van der Waals surface area contributed by atoms with Crippen LogP contribution in [0.2, 0.25) is 38.3 Å². The number of carboxylic acids is 1. The third-order valence-corrected chi connectivity index (χ3v) is 14.0. The molecule has 1 heterocycles. The minimum absolute atomic E-state index is 0.0130. The van der Waals surface area contributed by atoms with Crippen LogP contribution in [0.4, 0.5) is 0 Å². The number of carbonyl (C=O) groups is 5. The van der Waals surface area contributed by atoms with Gasteiger partial charge in [-0.2, -0.15) is 0 Å². The number of rotatable bonds is 30. The quantitative estimate of drug-likeness (QED) is 0.0214. The summed E-state index contributed by atoms with van der Waals surface area (Å²) in [5.74, 6) is -2.30. The zero-order chi connectivity index (χ0) is 40.8. The Hall–Kier alpha value is -2.61. The Labute approximate surface area is 319 Å². The van der Waals surface area contributed by atoms with Gasteiger partial charge in [-0.1, -0.05) is 24.3 Å². The highest BCUT2D eigenvalue weighted by molar-refractivity contribution is 8.76. The van der Waals surface area contributed by atoms with E-state index in [1.165, 1.54) is 36.1 Å². The van der Waals surface area contributed by atoms with E-state index < -0.39 is 53.1 Å². The highest BCUT2D eigenvalue weighted by atomic mass is 33.1. The predicted octanol–water partition coefficient (Wildman–Crippen LogP) is 1.90. The second-order valence-corrected chi connectivity index (χ2v) is 23.3. The first-order chi connectivity index (χ1) is 25.7. The van der Waals surface area contributed by atoms with Crippen molar-refractivity contribution in [1.82, 2.24) is 26.4 Å². The van der Waals surface area contributed by atoms with Gasteiger partial charge in [0.05, 0.1) is 33.0 Å². The van der Waals surface area contributed by atoms with Crippen LogP contribution in [0.25, 0.3) is 0 Å². The molecule has 21 heteroatoms. The molecule has 2 unspecified atom stereocenters. The van der Waals surface area contributed by atoms with Crippen molar-refractivity contribution in [2.75, 3.05) is 59.2 Å². The Morgan fingerprint density at radius 1 is 0.942 bits per heavy atom. The van der Waals surface area contributed by atoms with Gasteiger partial charge in [-0.15, -0.1) is 0 Å². The first-order valence-electron chi connectivity index (χ1n) is 17.7. The predicted molar refractivity (Wildman–Crippen MR) is 203 cm³/mol. The number of hydroxylamine groups is 1. The zero-order valence-corrected chi connectivity index (χ0v) is 34.5. The maximum Gasteiger partial charge on any atom is 0.328 e. The summed E-state index contributed by atoms with van der Waals surface area (Å²) < 4.78 is 34.7. The molecule has 6 N–H and O–H groups in total. The molecule has 0 aliphatic carbocycles. The van der Waals surface area contributed by atoms with E-state index in [1.807, 2.05) is 44.4 Å². The molecule has 0 spiro atoms. The van der Waals surface area contributed by atoms with Crippen LogP contribution in [0.15, 0.2) is 29.4 Å². The van der Waals surface area contributed by atoms with E-state index in [2.05, 4.69) is 31.5 Å². The van der Waals surface area contributed by atoms with Crippen LogP contribution in [0.1, 0.15) is 28.0 Å². The Morgan fingerprint density at radius 2 is 1.58 bits per heavy atom. The van der Waals surface area contributed by atoms with Gasteiger partial charge < -0.3 is 44.5 Å². The van der Waals surface area contributed by atoms with Gasteiger partial charge in [0, 0.05) is 46.2 Å². The second-order valence-electron chi connectivity index (χ2n) is 12.2. The summed E-state index contributed by atoms with van der Waals surface area (Å²) in [6.45, 7) is 7.89. The molecular formula is C31H57N5O12S2Si2. The number of aliphatic hydroxyl groups is 1. The number of pyridine rings is 1. The molecule has 52 heavy (non-hydrogen) atoms. The molecule has 298 valence electrons. The van der Waals surface area contributed by atoms with E-state index in [-0.39, 0.29) is 51.2 Å². The van der Waals surface area contributed by atoms with Gasteiger partial charge in [0.25, 0.3) is 5.91 Å². The molecule has 0 fully saturated rings. The molecule has 0 radical (unpaired) electrons. The molecule has 0 bridgehead atoms. The van der Waals surface area contributed by atoms with Gasteiger partial charge in [-0.25, -0.2) is 15.3 Å². The van der Waals surface area contributed by atoms with Crippen molar-refractivity contribution in [3.63, 3.8) is 0 Å². The molecule has 0 aliphatic rings. The largest absolute Gasteiger partial charge is 0.480 e. The van der Waals surface area contributed by atoms with Crippen LogP contribution in [0, 0.1) is 0 Å². The van der Waals surface area contributed by atoms with Crippen molar-refractivity contribution in [1.29, 1.82) is 1.43 Å². The maximum absolute atomic E-state index is 12.8. The molecule has 0 aliphatic heterocycles. The van der Waals surface area contributed by atoms with Crippen molar-refractivity contribution in [2.24, 2.45) is 0 Å². The number of amides is 4. The van der Waals surface area contributed by atoms with Crippen LogP contribution in [-0.2, 0) is 47.1 Å². The highest BCUT2D eigenvalue weighted by Gasteiger charge is 2.28. The molecule has 1 aromatic heterocycles. The van der Waals surface area contributed by atoms with Crippen molar-refractivity contribution in [3.05, 3.63) is 24.4 Å². The lowest BCUT2D eigenvalue weighted by molar-refractivity contribution is -0.143.